The molecule has 372 valence electrons. The van der Waals surface area contributed by atoms with E-state index in [0.717, 1.165) is 67.1 Å². The summed E-state index contributed by atoms with van der Waals surface area (Å²) in [6, 6.07) is 19.9. The van der Waals surface area contributed by atoms with Gasteiger partial charge in [-0.3, -0.25) is 0 Å². The summed E-state index contributed by atoms with van der Waals surface area (Å²) >= 11 is 0. The lowest BCUT2D eigenvalue weighted by atomic mass is 10.0. The van der Waals surface area contributed by atoms with Crippen molar-refractivity contribution in [2.45, 2.75) is 226 Å². The van der Waals surface area contributed by atoms with Crippen LogP contribution in [-0.4, -0.2) is 38.1 Å². The van der Waals surface area contributed by atoms with Crippen LogP contribution in [-0.2, 0) is 0 Å². The van der Waals surface area contributed by atoms with Crippen LogP contribution in [0.2, 0.25) is 0 Å². The Hall–Kier alpha value is -4.06. The third-order valence-electron chi connectivity index (χ3n) is 12.6. The first-order chi connectivity index (χ1) is 33.2. The summed E-state index contributed by atoms with van der Waals surface area (Å²) in [5.74, 6) is 16.3. The van der Waals surface area contributed by atoms with Crippen LogP contribution in [0.25, 0.3) is 0 Å². The molecule has 0 unspecified atom stereocenters. The topological polar surface area (TPSA) is 57.2 Å². The van der Waals surface area contributed by atoms with E-state index in [4.69, 9.17) is 18.9 Å². The third-order valence-corrected chi connectivity index (χ3v) is 12.6. The quantitative estimate of drug-likeness (QED) is 0.0454. The SMILES string of the molecule is CCCCCCCCCCCCCCCCOc1ccc(C#Cc2cc(OCCCCCC)c(C#Cc3ccc(OCCCCCCCCCCCCCCCC)cc3)cc2OCCO)cc1. The number of aliphatic hydroxyl groups is 1. The van der Waals surface area contributed by atoms with Crippen LogP contribution in [0, 0.1) is 23.7 Å². The lowest BCUT2D eigenvalue weighted by Crippen LogP contribution is -2.05. The van der Waals surface area contributed by atoms with E-state index < -0.39 is 0 Å². The fourth-order valence-electron chi connectivity index (χ4n) is 8.38. The molecule has 0 amide bonds. The summed E-state index contributed by atoms with van der Waals surface area (Å²) in [6.07, 6.45) is 42.3. The minimum Gasteiger partial charge on any atom is -0.494 e. The Morgan fingerprint density at radius 3 is 0.896 bits per heavy atom. The predicted octanol–water partition coefficient (Wildman–Crippen LogP) is 17.5. The number of rotatable bonds is 41. The maximum atomic E-state index is 9.65. The largest absolute Gasteiger partial charge is 0.494 e. The maximum Gasteiger partial charge on any atom is 0.136 e. The molecular formula is C62H94O5. The molecule has 67 heavy (non-hydrogen) atoms. The van der Waals surface area contributed by atoms with Gasteiger partial charge in [-0.2, -0.15) is 0 Å². The molecule has 0 heterocycles. The minimum atomic E-state index is -0.0990. The van der Waals surface area contributed by atoms with Crippen LogP contribution >= 0.6 is 0 Å². The Kier molecular flexibility index (Phi) is 35.0. The molecule has 0 aliphatic heterocycles. The average Bonchev–Trinajstić information content (AvgIpc) is 3.35. The number of hydrogen-bond acceptors (Lipinski definition) is 5. The monoisotopic (exact) mass is 919 g/mol. The zero-order valence-electron chi connectivity index (χ0n) is 43.0. The molecule has 5 heteroatoms. The molecule has 3 aromatic carbocycles. The lowest BCUT2D eigenvalue weighted by molar-refractivity contribution is 0.201. The molecule has 0 saturated carbocycles. The Morgan fingerprint density at radius 1 is 0.313 bits per heavy atom. The Labute approximate surface area is 411 Å². The van der Waals surface area contributed by atoms with Gasteiger partial charge in [-0.25, -0.2) is 0 Å². The van der Waals surface area contributed by atoms with Gasteiger partial charge in [0.15, 0.2) is 0 Å². The van der Waals surface area contributed by atoms with Crippen LogP contribution < -0.4 is 18.9 Å². The fourth-order valence-corrected chi connectivity index (χ4v) is 8.38. The predicted molar refractivity (Wildman–Crippen MR) is 285 cm³/mol. The van der Waals surface area contributed by atoms with E-state index in [1.165, 1.54) is 180 Å². The van der Waals surface area contributed by atoms with Gasteiger partial charge in [0, 0.05) is 23.3 Å². The van der Waals surface area contributed by atoms with E-state index in [1.54, 1.807) is 0 Å². The van der Waals surface area contributed by atoms with Gasteiger partial charge in [-0.15, -0.1) is 0 Å². The van der Waals surface area contributed by atoms with Crippen LogP contribution in [0.4, 0.5) is 0 Å². The van der Waals surface area contributed by atoms with E-state index in [1.807, 2.05) is 60.7 Å². The molecule has 0 spiro atoms. The second-order valence-electron chi connectivity index (χ2n) is 18.8. The van der Waals surface area contributed by atoms with E-state index in [0.29, 0.717) is 23.7 Å². The number of aliphatic hydroxyl groups excluding tert-OH is 1. The fraction of sp³-hybridized carbons (Fsp3) is 0.645. The highest BCUT2D eigenvalue weighted by Gasteiger charge is 2.11. The zero-order chi connectivity index (χ0) is 47.5. The van der Waals surface area contributed by atoms with E-state index in [-0.39, 0.29) is 13.2 Å². The molecule has 0 fully saturated rings. The molecular weight excluding hydrogens is 825 g/mol. The molecule has 3 rings (SSSR count). The van der Waals surface area contributed by atoms with Crippen LogP contribution in [0.3, 0.4) is 0 Å². The van der Waals surface area contributed by atoms with Crippen molar-refractivity contribution >= 4 is 0 Å². The summed E-state index contributed by atoms with van der Waals surface area (Å²) in [7, 11) is 0. The Balaban J connectivity index is 1.47. The summed E-state index contributed by atoms with van der Waals surface area (Å²) in [4.78, 5) is 0. The molecule has 0 aliphatic rings. The summed E-state index contributed by atoms with van der Waals surface area (Å²) in [5, 5.41) is 9.65. The van der Waals surface area contributed by atoms with Gasteiger partial charge in [-0.1, -0.05) is 231 Å². The van der Waals surface area contributed by atoms with E-state index in [2.05, 4.69) is 44.5 Å². The first-order valence-corrected chi connectivity index (χ1v) is 27.7. The van der Waals surface area contributed by atoms with Crippen molar-refractivity contribution in [2.75, 3.05) is 33.0 Å². The minimum absolute atomic E-state index is 0.0990. The summed E-state index contributed by atoms with van der Waals surface area (Å²) < 4.78 is 24.5. The zero-order valence-corrected chi connectivity index (χ0v) is 43.0. The smallest absolute Gasteiger partial charge is 0.136 e. The normalized spacial score (nSPS) is 10.9. The van der Waals surface area contributed by atoms with Crippen molar-refractivity contribution in [2.24, 2.45) is 0 Å². The van der Waals surface area contributed by atoms with Crippen LogP contribution in [0.1, 0.15) is 248 Å². The second-order valence-corrected chi connectivity index (χ2v) is 18.8. The van der Waals surface area contributed by atoms with Crippen molar-refractivity contribution in [3.8, 4) is 46.7 Å². The van der Waals surface area contributed by atoms with Crippen LogP contribution in [0.15, 0.2) is 60.7 Å². The highest BCUT2D eigenvalue weighted by molar-refractivity contribution is 5.60. The first kappa shape index (κ1) is 57.3. The van der Waals surface area contributed by atoms with Crippen LogP contribution in [0.5, 0.6) is 23.0 Å². The van der Waals surface area contributed by atoms with Crippen molar-refractivity contribution in [1.29, 1.82) is 0 Å². The number of ether oxygens (including phenoxy) is 4. The molecule has 0 aromatic heterocycles. The Morgan fingerprint density at radius 2 is 0.582 bits per heavy atom. The van der Waals surface area contributed by atoms with Gasteiger partial charge < -0.3 is 24.1 Å². The third kappa shape index (κ3) is 29.4. The van der Waals surface area contributed by atoms with Gasteiger partial charge in [0.05, 0.1) is 37.6 Å². The molecule has 3 aromatic rings. The van der Waals surface area contributed by atoms with Gasteiger partial charge in [-0.05, 0) is 67.8 Å². The number of unbranched alkanes of at least 4 members (excludes halogenated alkanes) is 29. The Bertz CT molecular complexity index is 1740. The lowest BCUT2D eigenvalue weighted by Gasteiger charge is -2.13. The number of hydrogen-bond donors (Lipinski definition) is 1. The van der Waals surface area contributed by atoms with E-state index in [9.17, 15) is 5.11 Å². The highest BCUT2D eigenvalue weighted by atomic mass is 16.5. The maximum absolute atomic E-state index is 9.65. The van der Waals surface area contributed by atoms with Gasteiger partial charge in [0.2, 0.25) is 0 Å². The van der Waals surface area contributed by atoms with Gasteiger partial charge in [0.25, 0.3) is 0 Å². The highest BCUT2D eigenvalue weighted by Crippen LogP contribution is 2.29. The molecule has 1 N–H and O–H groups in total. The molecule has 0 bridgehead atoms. The molecule has 5 nitrogen and oxygen atoms in total. The van der Waals surface area contributed by atoms with Gasteiger partial charge >= 0.3 is 0 Å². The second kappa shape index (κ2) is 41.0. The number of benzene rings is 3. The van der Waals surface area contributed by atoms with Crippen molar-refractivity contribution < 1.29 is 24.1 Å². The van der Waals surface area contributed by atoms with E-state index >= 15 is 0 Å². The van der Waals surface area contributed by atoms with Gasteiger partial charge in [0.1, 0.15) is 29.6 Å². The summed E-state index contributed by atoms with van der Waals surface area (Å²) in [6.45, 7) is 8.93. The van der Waals surface area contributed by atoms with Crippen molar-refractivity contribution in [1.82, 2.24) is 0 Å². The molecule has 0 atom stereocenters. The molecule has 0 saturated heterocycles. The molecule has 0 radical (unpaired) electrons. The van der Waals surface area contributed by atoms with Crippen molar-refractivity contribution in [3.63, 3.8) is 0 Å². The summed E-state index contributed by atoms with van der Waals surface area (Å²) in [5.41, 5.74) is 3.20. The first-order valence-electron chi connectivity index (χ1n) is 27.7. The average molecular weight is 919 g/mol. The molecule has 0 aliphatic carbocycles. The van der Waals surface area contributed by atoms with Crippen molar-refractivity contribution in [3.05, 3.63) is 82.9 Å². The standard InChI is InChI=1S/C62H94O5/c1-4-7-10-13-15-17-19-21-23-25-27-29-31-34-49-64-59-44-38-55(39-45-59)36-42-57-54-62(67-52-48-63)58(53-61(57)66-51-33-12-9-6-3)43-37-56-40-46-60(47-41-56)65-50-35-32-30-28-26-24-22-20-18-16-14-11-8-5-2/h38-41,44-47,53-54,63H,4-35,48-52H2,1-3H3.